The third-order valence-electron chi connectivity index (χ3n) is 3.92. The molecule has 0 aromatic heterocycles. The van der Waals surface area contributed by atoms with E-state index in [1.807, 2.05) is 0 Å². The Morgan fingerprint density at radius 1 is 1.31 bits per heavy atom. The van der Waals surface area contributed by atoms with Gasteiger partial charge in [0.1, 0.15) is 0 Å². The van der Waals surface area contributed by atoms with E-state index in [-0.39, 0.29) is 5.92 Å². The van der Waals surface area contributed by atoms with Crippen LogP contribution in [0.5, 0.6) is 0 Å². The van der Waals surface area contributed by atoms with Gasteiger partial charge in [-0.2, -0.15) is 5.26 Å². The molecular weight excluding hydrogens is 196 g/mol. The lowest BCUT2D eigenvalue weighted by Crippen LogP contribution is -2.38. The van der Waals surface area contributed by atoms with Gasteiger partial charge in [-0.3, -0.25) is 0 Å². The summed E-state index contributed by atoms with van der Waals surface area (Å²) < 4.78 is 0. The first kappa shape index (κ1) is 11.7. The molecule has 1 fully saturated rings. The summed E-state index contributed by atoms with van der Waals surface area (Å²) in [4.78, 5) is 0. The lowest BCUT2D eigenvalue weighted by molar-refractivity contribution is 0.314. The Kier molecular flexibility index (Phi) is 4.42. The molecule has 2 aliphatic carbocycles. The molecule has 1 saturated carbocycles. The number of nitrogens with zero attached hydrogens (tertiary/aromatic N) is 1. The van der Waals surface area contributed by atoms with E-state index in [0.717, 1.165) is 13.0 Å². The van der Waals surface area contributed by atoms with Crippen LogP contribution in [0.1, 0.15) is 51.4 Å². The Balaban J connectivity index is 1.69. The normalized spacial score (nSPS) is 29.8. The second kappa shape index (κ2) is 6.06. The largest absolute Gasteiger partial charge is 0.312 e. The molecule has 1 N–H and O–H groups in total. The molecule has 0 aromatic carbocycles. The zero-order valence-corrected chi connectivity index (χ0v) is 10.0. The van der Waals surface area contributed by atoms with Crippen molar-refractivity contribution in [2.75, 3.05) is 6.54 Å². The van der Waals surface area contributed by atoms with Crippen molar-refractivity contribution in [2.45, 2.75) is 57.4 Å². The first-order valence-electron chi connectivity index (χ1n) is 6.71. The lowest BCUT2D eigenvalue weighted by atomic mass is 9.85. The standard InChI is InChI=1S/C14H22N2/c15-11-13-7-3-4-8-14(13)16-10-9-12-5-1-2-6-12/h5,13-14,16H,1-4,6-10H2. The fraction of sp³-hybridized carbons (Fsp3) is 0.786. The van der Waals surface area contributed by atoms with Crippen molar-refractivity contribution in [2.24, 2.45) is 5.92 Å². The van der Waals surface area contributed by atoms with Gasteiger partial charge in [-0.1, -0.05) is 24.5 Å². The predicted molar refractivity (Wildman–Crippen MR) is 65.9 cm³/mol. The summed E-state index contributed by atoms with van der Waals surface area (Å²) >= 11 is 0. The van der Waals surface area contributed by atoms with Crippen LogP contribution in [0.25, 0.3) is 0 Å². The summed E-state index contributed by atoms with van der Waals surface area (Å²) in [6.07, 6.45) is 12.3. The lowest BCUT2D eigenvalue weighted by Gasteiger charge is -2.27. The quantitative estimate of drug-likeness (QED) is 0.736. The SMILES string of the molecule is N#CC1CCCCC1NCCC1=CCCC1. The Labute approximate surface area is 98.7 Å². The smallest absolute Gasteiger partial charge is 0.0672 e. The Bertz CT molecular complexity index is 288. The average molecular weight is 218 g/mol. The summed E-state index contributed by atoms with van der Waals surface area (Å²) in [5, 5.41) is 12.7. The fourth-order valence-corrected chi connectivity index (χ4v) is 2.91. The molecule has 0 saturated heterocycles. The van der Waals surface area contributed by atoms with Gasteiger partial charge < -0.3 is 5.32 Å². The molecule has 2 unspecified atom stereocenters. The van der Waals surface area contributed by atoms with E-state index in [2.05, 4.69) is 17.5 Å². The third-order valence-corrected chi connectivity index (χ3v) is 3.92. The van der Waals surface area contributed by atoms with E-state index < -0.39 is 0 Å². The van der Waals surface area contributed by atoms with Crippen LogP contribution in [0, 0.1) is 17.2 Å². The maximum absolute atomic E-state index is 9.07. The van der Waals surface area contributed by atoms with Gasteiger partial charge in [0.15, 0.2) is 0 Å². The molecule has 0 heterocycles. The van der Waals surface area contributed by atoms with E-state index in [9.17, 15) is 0 Å². The highest BCUT2D eigenvalue weighted by Gasteiger charge is 2.24. The van der Waals surface area contributed by atoms with Crippen LogP contribution < -0.4 is 5.32 Å². The van der Waals surface area contributed by atoms with Crippen molar-refractivity contribution >= 4 is 0 Å². The van der Waals surface area contributed by atoms with Gasteiger partial charge >= 0.3 is 0 Å². The highest BCUT2D eigenvalue weighted by molar-refractivity contribution is 5.07. The van der Waals surface area contributed by atoms with Crippen LogP contribution in [0.3, 0.4) is 0 Å². The maximum Gasteiger partial charge on any atom is 0.0672 e. The Morgan fingerprint density at radius 2 is 2.19 bits per heavy atom. The number of allylic oxidation sites excluding steroid dienone is 1. The fourth-order valence-electron chi connectivity index (χ4n) is 2.91. The van der Waals surface area contributed by atoms with Crippen LogP contribution in [-0.4, -0.2) is 12.6 Å². The molecule has 2 rings (SSSR count). The highest BCUT2D eigenvalue weighted by atomic mass is 14.9. The van der Waals surface area contributed by atoms with Crippen LogP contribution in [0.2, 0.25) is 0 Å². The van der Waals surface area contributed by atoms with Crippen molar-refractivity contribution in [3.05, 3.63) is 11.6 Å². The van der Waals surface area contributed by atoms with E-state index >= 15 is 0 Å². The third kappa shape index (κ3) is 3.09. The second-order valence-electron chi connectivity index (χ2n) is 5.09. The second-order valence-corrected chi connectivity index (χ2v) is 5.09. The minimum atomic E-state index is 0.256. The van der Waals surface area contributed by atoms with E-state index in [1.165, 1.54) is 44.9 Å². The van der Waals surface area contributed by atoms with Crippen LogP contribution in [0.4, 0.5) is 0 Å². The van der Waals surface area contributed by atoms with Crippen molar-refractivity contribution in [1.82, 2.24) is 5.32 Å². The maximum atomic E-state index is 9.07. The monoisotopic (exact) mass is 218 g/mol. The number of nitriles is 1. The summed E-state index contributed by atoms with van der Waals surface area (Å²) in [6, 6.07) is 2.91. The van der Waals surface area contributed by atoms with Crippen LogP contribution in [0.15, 0.2) is 11.6 Å². The molecular formula is C14H22N2. The summed E-state index contributed by atoms with van der Waals surface area (Å²) in [7, 11) is 0. The minimum absolute atomic E-state index is 0.256. The molecule has 2 nitrogen and oxygen atoms in total. The molecule has 2 atom stereocenters. The first-order valence-corrected chi connectivity index (χ1v) is 6.71. The molecule has 0 amide bonds. The molecule has 0 bridgehead atoms. The highest BCUT2D eigenvalue weighted by Crippen LogP contribution is 2.24. The van der Waals surface area contributed by atoms with Gasteiger partial charge in [0, 0.05) is 6.04 Å². The Morgan fingerprint density at radius 3 is 2.94 bits per heavy atom. The van der Waals surface area contributed by atoms with E-state index in [4.69, 9.17) is 5.26 Å². The number of hydrogen-bond acceptors (Lipinski definition) is 2. The molecule has 0 aromatic rings. The van der Waals surface area contributed by atoms with Gasteiger partial charge in [-0.15, -0.1) is 0 Å². The molecule has 2 aliphatic rings. The van der Waals surface area contributed by atoms with Crippen molar-refractivity contribution in [3.63, 3.8) is 0 Å². The molecule has 0 aliphatic heterocycles. The molecule has 16 heavy (non-hydrogen) atoms. The molecule has 2 heteroatoms. The number of nitrogens with one attached hydrogen (secondary N) is 1. The van der Waals surface area contributed by atoms with Crippen molar-refractivity contribution < 1.29 is 0 Å². The summed E-state index contributed by atoms with van der Waals surface area (Å²) in [6.45, 7) is 1.06. The van der Waals surface area contributed by atoms with E-state index in [1.54, 1.807) is 5.57 Å². The van der Waals surface area contributed by atoms with Gasteiger partial charge in [0.2, 0.25) is 0 Å². The summed E-state index contributed by atoms with van der Waals surface area (Å²) in [5.74, 6) is 0.256. The van der Waals surface area contributed by atoms with Gasteiger partial charge in [0.25, 0.3) is 0 Å². The van der Waals surface area contributed by atoms with Gasteiger partial charge in [-0.25, -0.2) is 0 Å². The van der Waals surface area contributed by atoms with Crippen molar-refractivity contribution in [3.8, 4) is 6.07 Å². The topological polar surface area (TPSA) is 35.8 Å². The molecule has 0 radical (unpaired) electrons. The summed E-state index contributed by atoms with van der Waals surface area (Å²) in [5.41, 5.74) is 1.62. The zero-order chi connectivity index (χ0) is 11.2. The van der Waals surface area contributed by atoms with Crippen molar-refractivity contribution in [1.29, 1.82) is 5.26 Å². The first-order chi connectivity index (χ1) is 7.90. The average Bonchev–Trinajstić information content (AvgIpc) is 2.83. The van der Waals surface area contributed by atoms with Gasteiger partial charge in [-0.05, 0) is 45.1 Å². The number of hydrogen-bond donors (Lipinski definition) is 1. The van der Waals surface area contributed by atoms with Gasteiger partial charge in [0.05, 0.1) is 12.0 Å². The molecule has 0 spiro atoms. The Hall–Kier alpha value is -0.810. The number of rotatable bonds is 4. The van der Waals surface area contributed by atoms with Crippen LogP contribution >= 0.6 is 0 Å². The van der Waals surface area contributed by atoms with Crippen LogP contribution in [-0.2, 0) is 0 Å². The molecule has 88 valence electrons. The zero-order valence-electron chi connectivity index (χ0n) is 10.0. The minimum Gasteiger partial charge on any atom is -0.312 e. The van der Waals surface area contributed by atoms with E-state index in [0.29, 0.717) is 6.04 Å². The predicted octanol–water partition coefficient (Wildman–Crippen LogP) is 3.16.